The summed E-state index contributed by atoms with van der Waals surface area (Å²) in [5.41, 5.74) is 0.767. The molecule has 1 unspecified atom stereocenters. The number of rotatable bonds is 7. The van der Waals surface area contributed by atoms with Crippen molar-refractivity contribution in [3.05, 3.63) is 54.7 Å². The summed E-state index contributed by atoms with van der Waals surface area (Å²) in [6.07, 6.45) is 7.82. The van der Waals surface area contributed by atoms with Crippen LogP contribution in [-0.4, -0.2) is 44.4 Å². The molecule has 0 saturated heterocycles. The zero-order chi connectivity index (χ0) is 23.3. The average Bonchev–Trinajstić information content (AvgIpc) is 2.80. The predicted octanol–water partition coefficient (Wildman–Crippen LogP) is 4.43. The Kier molecular flexibility index (Phi) is 6.71. The van der Waals surface area contributed by atoms with E-state index in [1.54, 1.807) is 30.6 Å². The summed E-state index contributed by atoms with van der Waals surface area (Å²) in [4.78, 5) is 29.2. The molecule has 33 heavy (non-hydrogen) atoms. The number of carbonyl (C=O) groups excluding carboxylic acids is 1. The molecule has 3 aromatic rings. The Balaban J connectivity index is 1.44. The van der Waals surface area contributed by atoms with Gasteiger partial charge in [0.05, 0.1) is 18.4 Å². The van der Waals surface area contributed by atoms with Crippen LogP contribution in [0.5, 0.6) is 17.4 Å². The third-order valence-corrected chi connectivity index (χ3v) is 5.11. The fourth-order valence-corrected chi connectivity index (χ4v) is 3.58. The van der Waals surface area contributed by atoms with E-state index in [9.17, 15) is 13.6 Å². The second-order valence-electron chi connectivity index (χ2n) is 7.67. The smallest absolute Gasteiger partial charge is 0.262 e. The average molecular weight is 455 g/mol. The number of halogens is 2. The number of hydrogen-bond acceptors (Lipinski definition) is 7. The molecule has 1 N–H and O–H groups in total. The highest BCUT2D eigenvalue weighted by Crippen LogP contribution is 2.33. The van der Waals surface area contributed by atoms with Crippen LogP contribution in [0.25, 0.3) is 11.4 Å². The standard InChI is InChI=1S/C23H23F2N5O3/c1-2-32-19-6-4-8-27-22(19)33-18-9-15(11-26-14-18)20-28-12-16(13-29-20)21(31)30-17-5-3-7-23(24,25)10-17/h4,6,8-9,11-14,17H,2-3,5,7,10H2,1H3,(H,30,31). The Morgan fingerprint density at radius 1 is 1.21 bits per heavy atom. The zero-order valence-electron chi connectivity index (χ0n) is 18.0. The summed E-state index contributed by atoms with van der Waals surface area (Å²) >= 11 is 0. The number of carbonyl (C=O) groups is 1. The van der Waals surface area contributed by atoms with Gasteiger partial charge in [-0.15, -0.1) is 0 Å². The molecular weight excluding hydrogens is 432 g/mol. The van der Waals surface area contributed by atoms with E-state index in [2.05, 4.69) is 25.3 Å². The number of nitrogens with zero attached hydrogens (tertiary/aromatic N) is 4. The first-order valence-electron chi connectivity index (χ1n) is 10.7. The Bertz CT molecular complexity index is 1110. The maximum Gasteiger partial charge on any atom is 0.262 e. The van der Waals surface area contributed by atoms with E-state index in [0.717, 1.165) is 0 Å². The van der Waals surface area contributed by atoms with Crippen LogP contribution in [0.2, 0.25) is 0 Å². The van der Waals surface area contributed by atoms with Crippen LogP contribution in [0, 0.1) is 0 Å². The van der Waals surface area contributed by atoms with Gasteiger partial charge >= 0.3 is 0 Å². The minimum atomic E-state index is -2.74. The number of hydrogen-bond donors (Lipinski definition) is 1. The summed E-state index contributed by atoms with van der Waals surface area (Å²) in [7, 11) is 0. The van der Waals surface area contributed by atoms with E-state index in [-0.39, 0.29) is 18.4 Å². The second kappa shape index (κ2) is 9.85. The highest BCUT2D eigenvalue weighted by molar-refractivity contribution is 5.93. The molecular formula is C23H23F2N5O3. The third kappa shape index (κ3) is 5.76. The molecule has 3 aromatic heterocycles. The lowest BCUT2D eigenvalue weighted by Gasteiger charge is -2.29. The van der Waals surface area contributed by atoms with Gasteiger partial charge in [-0.05, 0) is 38.0 Å². The molecule has 8 nitrogen and oxygen atoms in total. The monoisotopic (exact) mass is 455 g/mol. The fraction of sp³-hybridized carbons (Fsp3) is 0.348. The van der Waals surface area contributed by atoms with Crippen LogP contribution in [0.1, 0.15) is 43.0 Å². The van der Waals surface area contributed by atoms with Crippen LogP contribution in [0.4, 0.5) is 8.78 Å². The summed E-state index contributed by atoms with van der Waals surface area (Å²) in [5, 5.41) is 2.65. The fourth-order valence-electron chi connectivity index (χ4n) is 3.58. The number of alkyl halides is 2. The predicted molar refractivity (Wildman–Crippen MR) is 115 cm³/mol. The van der Waals surface area contributed by atoms with Gasteiger partial charge in [-0.2, -0.15) is 0 Å². The van der Waals surface area contributed by atoms with Crippen molar-refractivity contribution < 1.29 is 23.0 Å². The van der Waals surface area contributed by atoms with Crippen LogP contribution < -0.4 is 14.8 Å². The molecule has 10 heteroatoms. The normalized spacial score (nSPS) is 17.2. The number of aromatic nitrogens is 4. The first kappa shape index (κ1) is 22.5. The summed E-state index contributed by atoms with van der Waals surface area (Å²) in [6.45, 7) is 2.34. The Hall–Kier alpha value is -3.69. The van der Waals surface area contributed by atoms with E-state index in [4.69, 9.17) is 9.47 Å². The first-order valence-corrected chi connectivity index (χ1v) is 10.7. The van der Waals surface area contributed by atoms with E-state index in [1.807, 2.05) is 6.92 Å². The van der Waals surface area contributed by atoms with Crippen LogP contribution >= 0.6 is 0 Å². The number of pyridine rings is 2. The maximum absolute atomic E-state index is 13.6. The number of nitrogens with one attached hydrogen (secondary N) is 1. The molecule has 1 amide bonds. The quantitative estimate of drug-likeness (QED) is 0.563. The largest absolute Gasteiger partial charge is 0.488 e. The summed E-state index contributed by atoms with van der Waals surface area (Å²) < 4.78 is 38.5. The molecule has 3 heterocycles. The van der Waals surface area contributed by atoms with Crippen LogP contribution in [-0.2, 0) is 0 Å². The van der Waals surface area contributed by atoms with Gasteiger partial charge in [0, 0.05) is 49.2 Å². The lowest BCUT2D eigenvalue weighted by molar-refractivity contribution is -0.0429. The van der Waals surface area contributed by atoms with Crippen molar-refractivity contribution in [1.82, 2.24) is 25.3 Å². The Morgan fingerprint density at radius 2 is 2.03 bits per heavy atom. The molecule has 1 saturated carbocycles. The number of ether oxygens (including phenoxy) is 2. The van der Waals surface area contributed by atoms with Gasteiger partial charge in [0.1, 0.15) is 5.75 Å². The van der Waals surface area contributed by atoms with Gasteiger partial charge in [0.15, 0.2) is 11.6 Å². The van der Waals surface area contributed by atoms with Crippen molar-refractivity contribution in [1.29, 1.82) is 0 Å². The topological polar surface area (TPSA) is 99.1 Å². The van der Waals surface area contributed by atoms with Crippen molar-refractivity contribution in [3.63, 3.8) is 0 Å². The molecule has 0 radical (unpaired) electrons. The van der Waals surface area contributed by atoms with Gasteiger partial charge in [0.2, 0.25) is 5.92 Å². The van der Waals surface area contributed by atoms with E-state index in [0.29, 0.717) is 48.2 Å². The molecule has 1 atom stereocenters. The number of amides is 1. The van der Waals surface area contributed by atoms with Gasteiger partial charge in [-0.3, -0.25) is 9.78 Å². The van der Waals surface area contributed by atoms with Crippen LogP contribution in [0.3, 0.4) is 0 Å². The van der Waals surface area contributed by atoms with Gasteiger partial charge in [0.25, 0.3) is 11.8 Å². The molecule has 1 aliphatic carbocycles. The molecule has 4 rings (SSSR count). The highest BCUT2D eigenvalue weighted by Gasteiger charge is 2.36. The van der Waals surface area contributed by atoms with Crippen molar-refractivity contribution in [2.75, 3.05) is 6.61 Å². The summed E-state index contributed by atoms with van der Waals surface area (Å²) in [6, 6.07) is 4.63. The summed E-state index contributed by atoms with van der Waals surface area (Å²) in [5.74, 6) is -1.66. The van der Waals surface area contributed by atoms with Crippen molar-refractivity contribution in [3.8, 4) is 28.8 Å². The van der Waals surface area contributed by atoms with E-state index < -0.39 is 17.9 Å². The maximum atomic E-state index is 13.6. The van der Waals surface area contributed by atoms with Crippen molar-refractivity contribution in [2.24, 2.45) is 0 Å². The lowest BCUT2D eigenvalue weighted by atomic mass is 9.92. The lowest BCUT2D eigenvalue weighted by Crippen LogP contribution is -2.42. The molecule has 1 fully saturated rings. The molecule has 172 valence electrons. The van der Waals surface area contributed by atoms with Gasteiger partial charge in [-0.25, -0.2) is 23.7 Å². The molecule has 0 bridgehead atoms. The highest BCUT2D eigenvalue weighted by atomic mass is 19.3. The first-order chi connectivity index (χ1) is 15.9. The van der Waals surface area contributed by atoms with E-state index >= 15 is 0 Å². The Morgan fingerprint density at radius 3 is 2.79 bits per heavy atom. The minimum absolute atomic E-state index is 0.138. The zero-order valence-corrected chi connectivity index (χ0v) is 18.0. The SMILES string of the molecule is CCOc1cccnc1Oc1cncc(-c2ncc(C(=O)NC3CCCC(F)(F)C3)cn2)c1. The third-order valence-electron chi connectivity index (χ3n) is 5.11. The molecule has 0 aliphatic heterocycles. The van der Waals surface area contributed by atoms with Crippen molar-refractivity contribution in [2.45, 2.75) is 44.6 Å². The minimum Gasteiger partial charge on any atom is -0.488 e. The van der Waals surface area contributed by atoms with Crippen LogP contribution in [0.15, 0.2) is 49.2 Å². The molecule has 0 spiro atoms. The van der Waals surface area contributed by atoms with Crippen molar-refractivity contribution >= 4 is 5.91 Å². The van der Waals surface area contributed by atoms with Gasteiger partial charge < -0.3 is 14.8 Å². The molecule has 1 aliphatic rings. The van der Waals surface area contributed by atoms with E-state index in [1.165, 1.54) is 18.6 Å². The Labute approximate surface area is 189 Å². The second-order valence-corrected chi connectivity index (χ2v) is 7.67. The molecule has 0 aromatic carbocycles. The van der Waals surface area contributed by atoms with Gasteiger partial charge in [-0.1, -0.05) is 0 Å².